The molecule has 0 amide bonds. The van der Waals surface area contributed by atoms with Crippen LogP contribution < -0.4 is 9.62 Å². The van der Waals surface area contributed by atoms with Gasteiger partial charge in [0.15, 0.2) is 0 Å². The minimum absolute atomic E-state index is 0.172. The van der Waals surface area contributed by atoms with Crippen molar-refractivity contribution >= 4 is 27.4 Å². The number of anilines is 1. The third-order valence-electron chi connectivity index (χ3n) is 3.75. The minimum Gasteiger partial charge on any atom is -0.378 e. The van der Waals surface area contributed by atoms with E-state index in [-0.39, 0.29) is 11.4 Å². The number of rotatable bonds is 5. The summed E-state index contributed by atoms with van der Waals surface area (Å²) in [4.78, 5) is 6.70. The molecular formula is C16H18ClN3O3S. The Kier molecular flexibility index (Phi) is 5.35. The lowest BCUT2D eigenvalue weighted by atomic mass is 10.2. The van der Waals surface area contributed by atoms with Crippen LogP contribution in [0.4, 0.5) is 5.82 Å². The summed E-state index contributed by atoms with van der Waals surface area (Å²) in [7, 11) is -3.60. The molecule has 6 nitrogen and oxygen atoms in total. The van der Waals surface area contributed by atoms with Crippen molar-refractivity contribution in [1.29, 1.82) is 0 Å². The van der Waals surface area contributed by atoms with E-state index in [4.69, 9.17) is 16.3 Å². The molecule has 1 aromatic heterocycles. The summed E-state index contributed by atoms with van der Waals surface area (Å²) >= 11 is 5.80. The van der Waals surface area contributed by atoms with E-state index in [1.807, 2.05) is 6.07 Å². The number of sulfonamides is 1. The molecule has 3 rings (SSSR count). The summed E-state index contributed by atoms with van der Waals surface area (Å²) < 4.78 is 32.8. The van der Waals surface area contributed by atoms with Crippen LogP contribution >= 0.6 is 11.6 Å². The van der Waals surface area contributed by atoms with E-state index in [9.17, 15) is 8.42 Å². The van der Waals surface area contributed by atoms with Crippen molar-refractivity contribution < 1.29 is 13.2 Å². The van der Waals surface area contributed by atoms with Gasteiger partial charge in [0.1, 0.15) is 5.82 Å². The zero-order valence-electron chi connectivity index (χ0n) is 13.0. The second-order valence-corrected chi connectivity index (χ2v) is 7.57. The van der Waals surface area contributed by atoms with Crippen LogP contribution in [0.3, 0.4) is 0 Å². The van der Waals surface area contributed by atoms with E-state index in [0.717, 1.165) is 24.5 Å². The van der Waals surface area contributed by atoms with E-state index in [1.165, 1.54) is 12.1 Å². The van der Waals surface area contributed by atoms with Gasteiger partial charge in [-0.1, -0.05) is 17.7 Å². The van der Waals surface area contributed by atoms with Gasteiger partial charge in [-0.3, -0.25) is 0 Å². The zero-order valence-corrected chi connectivity index (χ0v) is 14.6. The second kappa shape index (κ2) is 7.48. The lowest BCUT2D eigenvalue weighted by Gasteiger charge is -2.29. The lowest BCUT2D eigenvalue weighted by Crippen LogP contribution is -2.37. The monoisotopic (exact) mass is 367 g/mol. The van der Waals surface area contributed by atoms with Gasteiger partial charge in [0.25, 0.3) is 0 Å². The highest BCUT2D eigenvalue weighted by molar-refractivity contribution is 7.89. The number of nitrogens with zero attached hydrogens (tertiary/aromatic N) is 2. The Bertz CT molecular complexity index is 790. The van der Waals surface area contributed by atoms with E-state index in [2.05, 4.69) is 14.6 Å². The predicted octanol–water partition coefficient (Wildman–Crippen LogP) is 2.05. The molecule has 0 radical (unpaired) electrons. The lowest BCUT2D eigenvalue weighted by molar-refractivity contribution is 0.122. The van der Waals surface area contributed by atoms with Gasteiger partial charge in [0.05, 0.1) is 18.1 Å². The maximum atomic E-state index is 12.4. The van der Waals surface area contributed by atoms with Gasteiger partial charge in [-0.25, -0.2) is 18.1 Å². The highest BCUT2D eigenvalue weighted by Crippen LogP contribution is 2.19. The van der Waals surface area contributed by atoms with Crippen molar-refractivity contribution in [2.45, 2.75) is 11.4 Å². The molecule has 1 aliphatic rings. The topological polar surface area (TPSA) is 71.5 Å². The molecule has 0 atom stereocenters. The maximum absolute atomic E-state index is 12.4. The van der Waals surface area contributed by atoms with Crippen LogP contribution in [-0.2, 0) is 21.3 Å². The van der Waals surface area contributed by atoms with Crippen molar-refractivity contribution in [3.05, 3.63) is 53.2 Å². The number of halogens is 1. The first kappa shape index (κ1) is 17.2. The Morgan fingerprint density at radius 1 is 1.17 bits per heavy atom. The number of hydrogen-bond donors (Lipinski definition) is 1. The second-order valence-electron chi connectivity index (χ2n) is 5.36. The van der Waals surface area contributed by atoms with Crippen LogP contribution in [0.1, 0.15) is 5.56 Å². The Hall–Kier alpha value is -1.67. The largest absolute Gasteiger partial charge is 0.378 e. The number of pyridine rings is 1. The van der Waals surface area contributed by atoms with E-state index >= 15 is 0 Å². The molecule has 24 heavy (non-hydrogen) atoms. The van der Waals surface area contributed by atoms with Crippen molar-refractivity contribution in [1.82, 2.24) is 9.71 Å². The first-order valence-corrected chi connectivity index (χ1v) is 9.44. The average Bonchev–Trinajstić information content (AvgIpc) is 2.61. The molecule has 2 aromatic rings. The fourth-order valence-corrected chi connectivity index (χ4v) is 3.63. The van der Waals surface area contributed by atoms with Gasteiger partial charge in [0, 0.05) is 36.4 Å². The molecule has 0 aliphatic carbocycles. The normalized spacial score (nSPS) is 15.5. The third kappa shape index (κ3) is 4.05. The fourth-order valence-electron chi connectivity index (χ4n) is 2.50. The summed E-state index contributed by atoms with van der Waals surface area (Å²) in [5.41, 5.74) is 0.830. The number of ether oxygens (including phenoxy) is 1. The van der Waals surface area contributed by atoms with Gasteiger partial charge in [-0.2, -0.15) is 0 Å². The van der Waals surface area contributed by atoms with Gasteiger partial charge in [0.2, 0.25) is 10.0 Å². The molecule has 1 fully saturated rings. The van der Waals surface area contributed by atoms with E-state index in [1.54, 1.807) is 24.4 Å². The van der Waals surface area contributed by atoms with Crippen molar-refractivity contribution in [2.75, 3.05) is 31.2 Å². The molecule has 0 unspecified atom stereocenters. The Morgan fingerprint density at radius 3 is 2.58 bits per heavy atom. The number of nitrogens with one attached hydrogen (secondary N) is 1. The van der Waals surface area contributed by atoms with Gasteiger partial charge < -0.3 is 9.64 Å². The Labute approximate surface area is 146 Å². The number of aromatic nitrogens is 1. The minimum atomic E-state index is -3.60. The van der Waals surface area contributed by atoms with Crippen LogP contribution in [-0.4, -0.2) is 39.7 Å². The SMILES string of the molecule is O=S(=O)(NCc1cccnc1N1CCOCC1)c1ccc(Cl)cc1. The molecule has 1 aromatic carbocycles. The summed E-state index contributed by atoms with van der Waals surface area (Å²) in [6.07, 6.45) is 1.71. The molecule has 2 heterocycles. The van der Waals surface area contributed by atoms with Crippen LogP contribution in [0.25, 0.3) is 0 Å². The molecular weight excluding hydrogens is 350 g/mol. The van der Waals surface area contributed by atoms with Crippen LogP contribution in [0.5, 0.6) is 0 Å². The average molecular weight is 368 g/mol. The highest BCUT2D eigenvalue weighted by atomic mass is 35.5. The first-order valence-electron chi connectivity index (χ1n) is 7.58. The highest BCUT2D eigenvalue weighted by Gasteiger charge is 2.18. The molecule has 1 N–H and O–H groups in total. The number of hydrogen-bond acceptors (Lipinski definition) is 5. The molecule has 0 spiro atoms. The van der Waals surface area contributed by atoms with Crippen molar-refractivity contribution in [3.63, 3.8) is 0 Å². The number of benzene rings is 1. The van der Waals surface area contributed by atoms with Gasteiger partial charge in [-0.15, -0.1) is 0 Å². The van der Waals surface area contributed by atoms with Crippen LogP contribution in [0.2, 0.25) is 5.02 Å². The molecule has 128 valence electrons. The summed E-state index contributed by atoms with van der Waals surface area (Å²) in [6, 6.07) is 9.75. The maximum Gasteiger partial charge on any atom is 0.240 e. The van der Waals surface area contributed by atoms with Crippen molar-refractivity contribution in [2.24, 2.45) is 0 Å². The standard InChI is InChI=1S/C16H18ClN3O3S/c17-14-3-5-15(6-4-14)24(21,22)19-12-13-2-1-7-18-16(13)20-8-10-23-11-9-20/h1-7,19H,8-12H2. The Balaban J connectivity index is 1.75. The van der Waals surface area contributed by atoms with Crippen LogP contribution in [0.15, 0.2) is 47.5 Å². The van der Waals surface area contributed by atoms with Gasteiger partial charge in [-0.05, 0) is 30.3 Å². The molecule has 1 saturated heterocycles. The van der Waals surface area contributed by atoms with E-state index in [0.29, 0.717) is 18.2 Å². The van der Waals surface area contributed by atoms with Gasteiger partial charge >= 0.3 is 0 Å². The molecule has 0 saturated carbocycles. The van der Waals surface area contributed by atoms with E-state index < -0.39 is 10.0 Å². The quantitative estimate of drug-likeness (QED) is 0.875. The number of morpholine rings is 1. The predicted molar refractivity (Wildman–Crippen MR) is 92.7 cm³/mol. The summed E-state index contributed by atoms with van der Waals surface area (Å²) in [5, 5.41) is 0.496. The molecule has 8 heteroatoms. The van der Waals surface area contributed by atoms with Crippen molar-refractivity contribution in [3.8, 4) is 0 Å². The fraction of sp³-hybridized carbons (Fsp3) is 0.312. The van der Waals surface area contributed by atoms with Crippen LogP contribution in [0, 0.1) is 0 Å². The Morgan fingerprint density at radius 2 is 1.88 bits per heavy atom. The smallest absolute Gasteiger partial charge is 0.240 e. The third-order valence-corrected chi connectivity index (χ3v) is 5.42. The molecule has 1 aliphatic heterocycles. The first-order chi connectivity index (χ1) is 11.6. The molecule has 0 bridgehead atoms. The summed E-state index contributed by atoms with van der Waals surface area (Å²) in [6.45, 7) is 2.95. The summed E-state index contributed by atoms with van der Waals surface area (Å²) in [5.74, 6) is 0.791. The zero-order chi connectivity index (χ0) is 17.0.